The van der Waals surface area contributed by atoms with Gasteiger partial charge in [0.2, 0.25) is 5.91 Å². The van der Waals surface area contributed by atoms with Crippen LogP contribution in [0.5, 0.6) is 0 Å². The van der Waals surface area contributed by atoms with E-state index in [4.69, 9.17) is 0 Å². The van der Waals surface area contributed by atoms with Gasteiger partial charge in [-0.1, -0.05) is 42.0 Å². The van der Waals surface area contributed by atoms with E-state index < -0.39 is 0 Å². The number of carbonyl (C=O) groups is 1. The van der Waals surface area contributed by atoms with E-state index in [9.17, 15) is 9.59 Å². The molecule has 2 atom stereocenters. The summed E-state index contributed by atoms with van der Waals surface area (Å²) in [5.41, 5.74) is 5.82. The highest BCUT2D eigenvalue weighted by molar-refractivity contribution is 5.89. The lowest BCUT2D eigenvalue weighted by molar-refractivity contribution is -0.122. The quantitative estimate of drug-likeness (QED) is 0.563. The zero-order valence-corrected chi connectivity index (χ0v) is 14.4. The Bertz CT molecular complexity index is 1050. The number of aromatic nitrogens is 1. The number of amides is 1. The molecule has 1 aliphatic rings. The molecule has 0 spiro atoms. The summed E-state index contributed by atoms with van der Waals surface area (Å²) in [6.07, 6.45) is 2.24. The third-order valence-electron chi connectivity index (χ3n) is 4.76. The van der Waals surface area contributed by atoms with E-state index in [2.05, 4.69) is 15.5 Å². The van der Waals surface area contributed by atoms with Crippen LogP contribution in [0.4, 0.5) is 0 Å². The minimum absolute atomic E-state index is 0.0490. The van der Waals surface area contributed by atoms with Crippen molar-refractivity contribution in [2.75, 3.05) is 0 Å². The van der Waals surface area contributed by atoms with Gasteiger partial charge in [0, 0.05) is 11.4 Å². The number of benzene rings is 2. The Labute approximate surface area is 150 Å². The predicted molar refractivity (Wildman–Crippen MR) is 102 cm³/mol. The molecule has 0 saturated heterocycles. The molecule has 1 amide bonds. The largest absolute Gasteiger partial charge is 0.321 e. The molecule has 1 aliphatic carbocycles. The fraction of sp³-hybridized carbons (Fsp3) is 0.190. The minimum Gasteiger partial charge on any atom is -0.321 e. The average Bonchev–Trinajstić information content (AvgIpc) is 3.44. The summed E-state index contributed by atoms with van der Waals surface area (Å²) in [4.78, 5) is 27.2. The van der Waals surface area contributed by atoms with Crippen LogP contribution >= 0.6 is 0 Å². The number of aryl methyl sites for hydroxylation is 1. The van der Waals surface area contributed by atoms with Crippen LogP contribution in [0.25, 0.3) is 10.9 Å². The lowest BCUT2D eigenvalue weighted by Gasteiger charge is -2.02. The molecular weight excluding hydrogens is 326 g/mol. The maximum atomic E-state index is 12.2. The number of fused-ring (bicyclic) bond motifs is 1. The van der Waals surface area contributed by atoms with Gasteiger partial charge in [-0.25, -0.2) is 5.43 Å². The second-order valence-electron chi connectivity index (χ2n) is 6.74. The van der Waals surface area contributed by atoms with Gasteiger partial charge in [0.05, 0.1) is 11.8 Å². The zero-order valence-electron chi connectivity index (χ0n) is 14.4. The summed E-state index contributed by atoms with van der Waals surface area (Å²) in [7, 11) is 0. The van der Waals surface area contributed by atoms with Gasteiger partial charge in [0.25, 0.3) is 5.56 Å². The Morgan fingerprint density at radius 3 is 2.81 bits per heavy atom. The van der Waals surface area contributed by atoms with E-state index >= 15 is 0 Å². The number of rotatable bonds is 4. The first-order valence-corrected chi connectivity index (χ1v) is 8.63. The maximum Gasteiger partial charge on any atom is 0.257 e. The molecule has 5 heteroatoms. The maximum absolute atomic E-state index is 12.2. The van der Waals surface area contributed by atoms with Crippen molar-refractivity contribution in [1.82, 2.24) is 10.4 Å². The van der Waals surface area contributed by atoms with Crippen LogP contribution in [0, 0.1) is 12.8 Å². The second kappa shape index (κ2) is 6.59. The number of hydrazone groups is 1. The van der Waals surface area contributed by atoms with Crippen molar-refractivity contribution in [3.05, 3.63) is 81.6 Å². The normalized spacial score (nSPS) is 19.0. The lowest BCUT2D eigenvalue weighted by Crippen LogP contribution is -2.21. The predicted octanol–water partition coefficient (Wildman–Crippen LogP) is 3.09. The van der Waals surface area contributed by atoms with E-state index in [1.807, 2.05) is 55.5 Å². The highest BCUT2D eigenvalue weighted by atomic mass is 16.2. The third kappa shape index (κ3) is 3.28. The fourth-order valence-corrected chi connectivity index (χ4v) is 3.24. The number of hydrogen-bond acceptors (Lipinski definition) is 3. The molecule has 1 saturated carbocycles. The van der Waals surface area contributed by atoms with Crippen molar-refractivity contribution >= 4 is 23.0 Å². The van der Waals surface area contributed by atoms with Gasteiger partial charge in [-0.05, 0) is 48.4 Å². The van der Waals surface area contributed by atoms with Gasteiger partial charge < -0.3 is 4.98 Å². The van der Waals surface area contributed by atoms with Crippen LogP contribution in [0.3, 0.4) is 0 Å². The molecule has 1 heterocycles. The van der Waals surface area contributed by atoms with Crippen molar-refractivity contribution < 1.29 is 4.79 Å². The van der Waals surface area contributed by atoms with Gasteiger partial charge in [0.1, 0.15) is 0 Å². The molecule has 1 fully saturated rings. The van der Waals surface area contributed by atoms with E-state index in [1.54, 1.807) is 6.07 Å². The Kier molecular flexibility index (Phi) is 4.13. The highest BCUT2D eigenvalue weighted by Gasteiger charge is 2.43. The number of H-pyrrole nitrogens is 1. The van der Waals surface area contributed by atoms with Crippen molar-refractivity contribution in [2.45, 2.75) is 19.3 Å². The summed E-state index contributed by atoms with van der Waals surface area (Å²) >= 11 is 0. The number of nitrogens with zero attached hydrogens (tertiary/aromatic N) is 1. The van der Waals surface area contributed by atoms with Crippen LogP contribution in [0.1, 0.15) is 29.0 Å². The number of hydrogen-bond donors (Lipinski definition) is 2. The first-order valence-electron chi connectivity index (χ1n) is 8.63. The summed E-state index contributed by atoms with van der Waals surface area (Å²) < 4.78 is 0. The molecule has 3 aromatic rings. The van der Waals surface area contributed by atoms with Crippen LogP contribution in [-0.4, -0.2) is 17.1 Å². The Hall–Kier alpha value is -3.21. The molecule has 5 nitrogen and oxygen atoms in total. The molecule has 0 radical (unpaired) electrons. The minimum atomic E-state index is -0.229. The first kappa shape index (κ1) is 16.3. The van der Waals surface area contributed by atoms with Crippen molar-refractivity contribution in [3.63, 3.8) is 0 Å². The number of aromatic amines is 1. The standard InChI is InChI=1S/C21H19N3O2/c1-13-7-8-19-15(9-13)10-16(20(25)23-19)12-22-24-21(26)18-11-17(18)14-5-3-2-4-6-14/h2-10,12,17-18H,11H2,1H3,(H,23,25)(H,24,26). The Morgan fingerprint density at radius 2 is 2.00 bits per heavy atom. The molecule has 2 unspecified atom stereocenters. The van der Waals surface area contributed by atoms with Crippen LogP contribution in [-0.2, 0) is 4.79 Å². The van der Waals surface area contributed by atoms with Crippen molar-refractivity contribution in [1.29, 1.82) is 0 Å². The van der Waals surface area contributed by atoms with Gasteiger partial charge in [-0.3, -0.25) is 9.59 Å². The van der Waals surface area contributed by atoms with Crippen LogP contribution in [0.15, 0.2) is 64.5 Å². The van der Waals surface area contributed by atoms with Gasteiger partial charge in [0.15, 0.2) is 0 Å². The summed E-state index contributed by atoms with van der Waals surface area (Å²) in [6.45, 7) is 2.00. The van der Waals surface area contributed by atoms with E-state index in [-0.39, 0.29) is 23.3 Å². The van der Waals surface area contributed by atoms with Gasteiger partial charge in [-0.2, -0.15) is 5.10 Å². The van der Waals surface area contributed by atoms with Crippen LogP contribution < -0.4 is 11.0 Å². The molecule has 130 valence electrons. The van der Waals surface area contributed by atoms with E-state index in [1.165, 1.54) is 11.8 Å². The lowest BCUT2D eigenvalue weighted by atomic mass is 10.1. The molecular formula is C21H19N3O2. The van der Waals surface area contributed by atoms with Crippen molar-refractivity contribution in [3.8, 4) is 0 Å². The zero-order chi connectivity index (χ0) is 18.1. The molecule has 0 aliphatic heterocycles. The Balaban J connectivity index is 1.44. The molecule has 4 rings (SSSR count). The molecule has 2 aromatic carbocycles. The average molecular weight is 345 g/mol. The molecule has 26 heavy (non-hydrogen) atoms. The first-order chi connectivity index (χ1) is 12.6. The van der Waals surface area contributed by atoms with Gasteiger partial charge >= 0.3 is 0 Å². The Morgan fingerprint density at radius 1 is 1.19 bits per heavy atom. The monoisotopic (exact) mass is 345 g/mol. The molecule has 2 N–H and O–H groups in total. The number of nitrogens with one attached hydrogen (secondary N) is 2. The van der Waals surface area contributed by atoms with Gasteiger partial charge in [-0.15, -0.1) is 0 Å². The van der Waals surface area contributed by atoms with Crippen molar-refractivity contribution in [2.24, 2.45) is 11.0 Å². The molecule has 0 bridgehead atoms. The summed E-state index contributed by atoms with van der Waals surface area (Å²) in [5, 5.41) is 4.91. The van der Waals surface area contributed by atoms with E-state index in [0.29, 0.717) is 5.56 Å². The van der Waals surface area contributed by atoms with E-state index in [0.717, 1.165) is 22.9 Å². The number of carbonyl (C=O) groups excluding carboxylic acids is 1. The second-order valence-corrected chi connectivity index (χ2v) is 6.74. The summed E-state index contributed by atoms with van der Waals surface area (Å²) in [5.74, 6) is 0.105. The topological polar surface area (TPSA) is 74.3 Å². The smallest absolute Gasteiger partial charge is 0.257 e. The third-order valence-corrected chi connectivity index (χ3v) is 4.76. The van der Waals surface area contributed by atoms with Crippen LogP contribution in [0.2, 0.25) is 0 Å². The fourth-order valence-electron chi connectivity index (χ4n) is 3.24. The SMILES string of the molecule is Cc1ccc2[nH]c(=O)c(C=NNC(=O)C3CC3c3ccccc3)cc2c1. The highest BCUT2D eigenvalue weighted by Crippen LogP contribution is 2.47. The number of pyridine rings is 1. The molecule has 1 aromatic heterocycles. The summed E-state index contributed by atoms with van der Waals surface area (Å²) in [6, 6.07) is 17.6.